The van der Waals surface area contributed by atoms with Gasteiger partial charge in [0.15, 0.2) is 0 Å². The molecule has 1 fully saturated rings. The molecule has 1 atom stereocenters. The first-order chi connectivity index (χ1) is 14.7. The minimum atomic E-state index is 0.0847. The third-order valence-corrected chi connectivity index (χ3v) is 7.68. The van der Waals surface area contributed by atoms with Crippen LogP contribution in [0.1, 0.15) is 33.8 Å². The van der Waals surface area contributed by atoms with Gasteiger partial charge in [0.05, 0.1) is 22.4 Å². The maximum absolute atomic E-state index is 13.5. The molecule has 0 bridgehead atoms. The average Bonchev–Trinajstić information content (AvgIpc) is 3.52. The van der Waals surface area contributed by atoms with Crippen molar-refractivity contribution in [1.29, 1.82) is 0 Å². The van der Waals surface area contributed by atoms with Crippen LogP contribution in [-0.4, -0.2) is 35.9 Å². The van der Waals surface area contributed by atoms with E-state index in [9.17, 15) is 4.79 Å². The van der Waals surface area contributed by atoms with Crippen LogP contribution in [0.2, 0.25) is 0 Å². The van der Waals surface area contributed by atoms with Crippen molar-refractivity contribution in [2.45, 2.75) is 37.2 Å². The molecule has 5 rings (SSSR count). The van der Waals surface area contributed by atoms with Crippen LogP contribution in [0, 0.1) is 6.92 Å². The van der Waals surface area contributed by atoms with Crippen molar-refractivity contribution in [3.05, 3.63) is 64.0 Å². The first-order valence-electron chi connectivity index (χ1n) is 10.4. The Morgan fingerprint density at radius 2 is 2.20 bits per heavy atom. The minimum absolute atomic E-state index is 0.0847. The van der Waals surface area contributed by atoms with Crippen molar-refractivity contribution in [3.8, 4) is 11.3 Å². The van der Waals surface area contributed by atoms with Gasteiger partial charge in [0.1, 0.15) is 0 Å². The van der Waals surface area contributed by atoms with Gasteiger partial charge in [-0.2, -0.15) is 0 Å². The topological polar surface area (TPSA) is 42.4 Å². The van der Waals surface area contributed by atoms with Crippen LogP contribution in [-0.2, 0) is 11.2 Å². The lowest BCUT2D eigenvalue weighted by Crippen LogP contribution is -2.29. The summed E-state index contributed by atoms with van der Waals surface area (Å²) in [5.74, 6) is 0.985. The highest BCUT2D eigenvalue weighted by atomic mass is 32.2. The van der Waals surface area contributed by atoms with Crippen molar-refractivity contribution in [1.82, 2.24) is 4.98 Å². The Labute approximate surface area is 185 Å². The molecule has 0 spiro atoms. The second-order valence-electron chi connectivity index (χ2n) is 7.74. The van der Waals surface area contributed by atoms with Gasteiger partial charge >= 0.3 is 0 Å². The molecule has 6 heteroatoms. The summed E-state index contributed by atoms with van der Waals surface area (Å²) in [6.07, 6.45) is 3.43. The van der Waals surface area contributed by atoms with E-state index in [0.29, 0.717) is 6.10 Å². The molecule has 0 radical (unpaired) electrons. The first-order valence-corrected chi connectivity index (χ1v) is 12.3. The largest absolute Gasteiger partial charge is 0.377 e. The van der Waals surface area contributed by atoms with E-state index in [0.717, 1.165) is 70.6 Å². The van der Waals surface area contributed by atoms with Gasteiger partial charge in [0.25, 0.3) is 5.91 Å². The molecule has 1 aromatic heterocycles. The lowest BCUT2D eigenvalue weighted by atomic mass is 10.1. The highest BCUT2D eigenvalue weighted by Gasteiger charge is 2.28. The van der Waals surface area contributed by atoms with Crippen molar-refractivity contribution < 1.29 is 9.53 Å². The zero-order valence-corrected chi connectivity index (χ0v) is 18.6. The zero-order valence-electron chi connectivity index (χ0n) is 17.0. The second-order valence-corrected chi connectivity index (χ2v) is 9.87. The van der Waals surface area contributed by atoms with Gasteiger partial charge in [0.2, 0.25) is 0 Å². The number of rotatable bonds is 5. The summed E-state index contributed by atoms with van der Waals surface area (Å²) in [6, 6.07) is 14.3. The first kappa shape index (κ1) is 19.8. The molecular formula is C24H24N2O2S2. The fourth-order valence-corrected chi connectivity index (χ4v) is 5.88. The number of thiazole rings is 1. The maximum atomic E-state index is 13.5. The van der Waals surface area contributed by atoms with Crippen molar-refractivity contribution in [3.63, 3.8) is 0 Å². The highest BCUT2D eigenvalue weighted by molar-refractivity contribution is 7.99. The molecule has 1 unspecified atom stereocenters. The van der Waals surface area contributed by atoms with Crippen molar-refractivity contribution >= 4 is 34.7 Å². The fourth-order valence-electron chi connectivity index (χ4n) is 4.14. The van der Waals surface area contributed by atoms with E-state index in [1.165, 1.54) is 5.56 Å². The number of anilines is 1. The van der Waals surface area contributed by atoms with E-state index in [4.69, 9.17) is 4.74 Å². The van der Waals surface area contributed by atoms with Crippen molar-refractivity contribution in [2.75, 3.05) is 23.8 Å². The lowest BCUT2D eigenvalue weighted by Gasteiger charge is -2.20. The third kappa shape index (κ3) is 3.92. The SMILES string of the molecule is Cc1nc(-c2ccc3c(c2)CCN3C(=O)c2ccccc2SCC2CCCO2)cs1. The average molecular weight is 437 g/mol. The number of ether oxygens (including phenoxy) is 1. The third-order valence-electron chi connectivity index (χ3n) is 5.70. The molecule has 2 aliphatic heterocycles. The smallest absolute Gasteiger partial charge is 0.259 e. The summed E-state index contributed by atoms with van der Waals surface area (Å²) in [6.45, 7) is 3.60. The molecule has 0 saturated carbocycles. The van der Waals surface area contributed by atoms with Crippen LogP contribution in [0.3, 0.4) is 0 Å². The minimum Gasteiger partial charge on any atom is -0.377 e. The molecule has 0 N–H and O–H groups in total. The molecule has 3 heterocycles. The molecule has 154 valence electrons. The molecular weight excluding hydrogens is 412 g/mol. The number of carbonyl (C=O) groups is 1. The maximum Gasteiger partial charge on any atom is 0.259 e. The van der Waals surface area contributed by atoms with Crippen molar-refractivity contribution in [2.24, 2.45) is 0 Å². The van der Waals surface area contributed by atoms with E-state index in [2.05, 4.69) is 34.6 Å². The number of hydrogen-bond donors (Lipinski definition) is 0. The van der Waals surface area contributed by atoms with Gasteiger partial charge in [-0.1, -0.05) is 18.2 Å². The number of aromatic nitrogens is 1. The number of fused-ring (bicyclic) bond motifs is 1. The normalized spacial score (nSPS) is 18.0. The predicted molar refractivity (Wildman–Crippen MR) is 124 cm³/mol. The van der Waals surface area contributed by atoms with Gasteiger partial charge in [-0.25, -0.2) is 4.98 Å². The van der Waals surface area contributed by atoms with Crippen LogP contribution in [0.4, 0.5) is 5.69 Å². The summed E-state index contributed by atoms with van der Waals surface area (Å²) in [7, 11) is 0. The van der Waals surface area contributed by atoms with Crippen LogP contribution in [0.25, 0.3) is 11.3 Å². The zero-order chi connectivity index (χ0) is 20.5. The fraction of sp³-hybridized carbons (Fsp3) is 0.333. The Balaban J connectivity index is 1.37. The van der Waals surface area contributed by atoms with E-state index < -0.39 is 0 Å². The van der Waals surface area contributed by atoms with E-state index in [1.54, 1.807) is 23.1 Å². The molecule has 4 nitrogen and oxygen atoms in total. The van der Waals surface area contributed by atoms with Crippen LogP contribution in [0.5, 0.6) is 0 Å². The molecule has 0 aliphatic carbocycles. The summed E-state index contributed by atoms with van der Waals surface area (Å²) in [5, 5.41) is 3.16. The van der Waals surface area contributed by atoms with Crippen LogP contribution >= 0.6 is 23.1 Å². The van der Waals surface area contributed by atoms with E-state index in [1.807, 2.05) is 30.0 Å². The predicted octanol–water partition coefficient (Wildman–Crippen LogP) is 5.59. The Kier molecular flexibility index (Phi) is 5.63. The summed E-state index contributed by atoms with van der Waals surface area (Å²) in [4.78, 5) is 21.0. The number of aryl methyl sites for hydroxylation is 1. The molecule has 1 saturated heterocycles. The van der Waals surface area contributed by atoms with Gasteiger partial charge < -0.3 is 9.64 Å². The number of amides is 1. The van der Waals surface area contributed by atoms with Gasteiger partial charge in [-0.05, 0) is 56.0 Å². The Hall–Kier alpha value is -2.15. The second kappa shape index (κ2) is 8.53. The number of benzene rings is 2. The Bertz CT molecular complexity index is 1070. The van der Waals surface area contributed by atoms with Crippen LogP contribution in [0.15, 0.2) is 52.7 Å². The van der Waals surface area contributed by atoms with Crippen LogP contribution < -0.4 is 4.90 Å². The number of hydrogen-bond acceptors (Lipinski definition) is 5. The standard InChI is InChI=1S/C24H24N2O2S2/c1-16-25-21(15-29-16)17-8-9-22-18(13-17)10-11-26(22)24(27)20-6-2-3-7-23(20)30-14-19-5-4-12-28-19/h2-3,6-9,13,15,19H,4-5,10-12,14H2,1H3. The van der Waals surface area contributed by atoms with E-state index >= 15 is 0 Å². The molecule has 2 aliphatic rings. The van der Waals surface area contributed by atoms with Gasteiger partial charge in [0, 0.05) is 40.4 Å². The Morgan fingerprint density at radius 1 is 1.30 bits per heavy atom. The molecule has 30 heavy (non-hydrogen) atoms. The van der Waals surface area contributed by atoms with Gasteiger partial charge in [-0.15, -0.1) is 23.1 Å². The molecule has 2 aromatic carbocycles. The highest BCUT2D eigenvalue weighted by Crippen LogP contribution is 2.35. The number of carbonyl (C=O) groups excluding carboxylic acids is 1. The number of thioether (sulfide) groups is 1. The lowest BCUT2D eigenvalue weighted by molar-refractivity contribution is 0.0986. The van der Waals surface area contributed by atoms with E-state index in [-0.39, 0.29) is 5.91 Å². The quantitative estimate of drug-likeness (QED) is 0.489. The Morgan fingerprint density at radius 3 is 3.00 bits per heavy atom. The molecule has 1 amide bonds. The number of nitrogens with zero attached hydrogens (tertiary/aromatic N) is 2. The van der Waals surface area contributed by atoms with Gasteiger partial charge in [-0.3, -0.25) is 4.79 Å². The summed E-state index contributed by atoms with van der Waals surface area (Å²) in [5.41, 5.74) is 5.17. The monoisotopic (exact) mass is 436 g/mol. The summed E-state index contributed by atoms with van der Waals surface area (Å²) < 4.78 is 5.75. The summed E-state index contributed by atoms with van der Waals surface area (Å²) >= 11 is 3.40. The molecule has 3 aromatic rings.